The van der Waals surface area contributed by atoms with Gasteiger partial charge < -0.3 is 11.1 Å². The van der Waals surface area contributed by atoms with E-state index >= 15 is 0 Å². The molecule has 2 rings (SSSR count). The van der Waals surface area contributed by atoms with Crippen molar-refractivity contribution >= 4 is 17.3 Å². The van der Waals surface area contributed by atoms with Crippen molar-refractivity contribution in [1.29, 1.82) is 0 Å². The van der Waals surface area contributed by atoms with Gasteiger partial charge in [0.25, 0.3) is 0 Å². The van der Waals surface area contributed by atoms with Crippen LogP contribution in [0.2, 0.25) is 0 Å². The molecule has 0 saturated heterocycles. The molecule has 0 atom stereocenters. The van der Waals surface area contributed by atoms with E-state index in [1.54, 1.807) is 19.2 Å². The summed E-state index contributed by atoms with van der Waals surface area (Å²) < 4.78 is 2.39. The van der Waals surface area contributed by atoms with Gasteiger partial charge in [0.1, 0.15) is 12.9 Å². The number of benzene rings is 1. The molecule has 0 radical (unpaired) electrons. The highest BCUT2D eigenvalue weighted by Crippen LogP contribution is 2.16. The van der Waals surface area contributed by atoms with Gasteiger partial charge in [-0.25, -0.2) is 9.48 Å². The number of nitrogens with two attached hydrogens (primary N) is 1. The average molecular weight is 261 g/mol. The molecule has 19 heavy (non-hydrogen) atoms. The third-order valence-corrected chi connectivity index (χ3v) is 2.74. The normalized spacial score (nSPS) is 10.4. The molecule has 0 unspecified atom stereocenters. The number of nitrogen functional groups attached to an aromatic ring is 1. The minimum Gasteiger partial charge on any atom is -0.398 e. The monoisotopic (exact) mass is 261 g/mol. The van der Waals surface area contributed by atoms with Crippen molar-refractivity contribution in [2.45, 2.75) is 13.5 Å². The van der Waals surface area contributed by atoms with Crippen LogP contribution < -0.4 is 16.7 Å². The van der Waals surface area contributed by atoms with Gasteiger partial charge >= 0.3 is 5.69 Å². The number of hydrogen-bond acceptors (Lipinski definition) is 4. The molecule has 3 N–H and O–H groups in total. The molecule has 0 aliphatic rings. The lowest BCUT2D eigenvalue weighted by Crippen LogP contribution is -2.29. The summed E-state index contributed by atoms with van der Waals surface area (Å²) >= 11 is 0. The first-order valence-corrected chi connectivity index (χ1v) is 5.72. The van der Waals surface area contributed by atoms with E-state index in [1.165, 1.54) is 10.9 Å². The van der Waals surface area contributed by atoms with Crippen LogP contribution in [0, 0.1) is 6.92 Å². The van der Waals surface area contributed by atoms with Crippen LogP contribution in [-0.4, -0.2) is 20.3 Å². The van der Waals surface area contributed by atoms with Gasteiger partial charge in [-0.1, -0.05) is 6.07 Å². The fourth-order valence-electron chi connectivity index (χ4n) is 1.58. The number of carbonyl (C=O) groups excluding carboxylic acids is 1. The molecule has 1 aromatic carbocycles. The van der Waals surface area contributed by atoms with E-state index in [9.17, 15) is 9.59 Å². The van der Waals surface area contributed by atoms with E-state index in [0.717, 1.165) is 10.2 Å². The van der Waals surface area contributed by atoms with Gasteiger partial charge in [-0.2, -0.15) is 5.10 Å². The fourth-order valence-corrected chi connectivity index (χ4v) is 1.58. The lowest BCUT2D eigenvalue weighted by molar-refractivity contribution is -0.117. The first kappa shape index (κ1) is 12.9. The van der Waals surface area contributed by atoms with Crippen LogP contribution in [0.1, 0.15) is 5.56 Å². The molecule has 100 valence electrons. The van der Waals surface area contributed by atoms with E-state index in [0.29, 0.717) is 11.4 Å². The molecule has 0 aliphatic heterocycles. The van der Waals surface area contributed by atoms with Crippen LogP contribution in [0.4, 0.5) is 11.4 Å². The third kappa shape index (κ3) is 2.82. The number of nitrogens with zero attached hydrogens (tertiary/aromatic N) is 3. The Morgan fingerprint density at radius 1 is 1.47 bits per heavy atom. The van der Waals surface area contributed by atoms with Crippen molar-refractivity contribution in [2.24, 2.45) is 7.05 Å². The second-order valence-corrected chi connectivity index (χ2v) is 4.30. The SMILES string of the molecule is Cc1ccc(NC(=O)Cn2ncn(C)c2=O)cc1N. The minimum atomic E-state index is -0.335. The lowest BCUT2D eigenvalue weighted by atomic mass is 10.2. The number of aromatic nitrogens is 3. The Hall–Kier alpha value is -2.57. The van der Waals surface area contributed by atoms with Crippen molar-refractivity contribution in [1.82, 2.24) is 14.3 Å². The zero-order chi connectivity index (χ0) is 14.0. The summed E-state index contributed by atoms with van der Waals surface area (Å²) in [5.74, 6) is -0.330. The Bertz CT molecular complexity index is 671. The van der Waals surface area contributed by atoms with Gasteiger partial charge in [-0.3, -0.25) is 9.36 Å². The number of aryl methyl sites for hydroxylation is 2. The summed E-state index contributed by atoms with van der Waals surface area (Å²) in [4.78, 5) is 23.3. The zero-order valence-electron chi connectivity index (χ0n) is 10.8. The number of rotatable bonds is 3. The van der Waals surface area contributed by atoms with Gasteiger partial charge in [-0.15, -0.1) is 0 Å². The Kier molecular flexibility index (Phi) is 3.37. The first-order valence-electron chi connectivity index (χ1n) is 5.72. The highest BCUT2D eigenvalue weighted by Gasteiger charge is 2.08. The molecule has 7 heteroatoms. The van der Waals surface area contributed by atoms with E-state index in [-0.39, 0.29) is 18.1 Å². The first-order chi connectivity index (χ1) is 8.97. The molecule has 0 bridgehead atoms. The van der Waals surface area contributed by atoms with Crippen LogP contribution in [0.15, 0.2) is 29.3 Å². The summed E-state index contributed by atoms with van der Waals surface area (Å²) in [6, 6.07) is 5.25. The summed E-state index contributed by atoms with van der Waals surface area (Å²) in [5, 5.41) is 6.48. The fraction of sp³-hybridized carbons (Fsp3) is 0.250. The highest BCUT2D eigenvalue weighted by molar-refractivity contribution is 5.91. The maximum Gasteiger partial charge on any atom is 0.345 e. The highest BCUT2D eigenvalue weighted by atomic mass is 16.2. The number of hydrogen-bond donors (Lipinski definition) is 2. The maximum absolute atomic E-state index is 11.8. The summed E-state index contributed by atoms with van der Waals surface area (Å²) in [6.07, 6.45) is 1.36. The summed E-state index contributed by atoms with van der Waals surface area (Å²) in [6.45, 7) is 1.75. The van der Waals surface area contributed by atoms with E-state index in [4.69, 9.17) is 5.73 Å². The molecule has 0 aliphatic carbocycles. The standard InChI is InChI=1S/C12H15N5O2/c1-8-3-4-9(5-10(8)13)15-11(18)6-17-12(19)16(2)7-14-17/h3-5,7H,6,13H2,1-2H3,(H,15,18). The largest absolute Gasteiger partial charge is 0.398 e. The Morgan fingerprint density at radius 3 is 2.79 bits per heavy atom. The molecule has 1 heterocycles. The molecule has 0 fully saturated rings. The van der Waals surface area contributed by atoms with Crippen molar-refractivity contribution in [3.05, 3.63) is 40.6 Å². The van der Waals surface area contributed by atoms with Gasteiger partial charge in [0.15, 0.2) is 0 Å². The molecular weight excluding hydrogens is 246 g/mol. The van der Waals surface area contributed by atoms with Crippen molar-refractivity contribution in [3.63, 3.8) is 0 Å². The quantitative estimate of drug-likeness (QED) is 0.767. The van der Waals surface area contributed by atoms with Gasteiger partial charge in [0.2, 0.25) is 5.91 Å². The Labute approximate surface area is 109 Å². The Morgan fingerprint density at radius 2 is 2.21 bits per heavy atom. The van der Waals surface area contributed by atoms with Crippen LogP contribution in [0.3, 0.4) is 0 Å². The summed E-state index contributed by atoms with van der Waals surface area (Å²) in [5.41, 5.74) is 7.56. The minimum absolute atomic E-state index is 0.131. The van der Waals surface area contributed by atoms with Crippen LogP contribution in [0.25, 0.3) is 0 Å². The van der Waals surface area contributed by atoms with Gasteiger partial charge in [0, 0.05) is 18.4 Å². The van der Waals surface area contributed by atoms with E-state index < -0.39 is 0 Å². The zero-order valence-corrected chi connectivity index (χ0v) is 10.8. The molecule has 1 aromatic heterocycles. The molecule has 2 aromatic rings. The van der Waals surface area contributed by atoms with E-state index in [1.807, 2.05) is 13.0 Å². The number of carbonyl (C=O) groups is 1. The molecule has 7 nitrogen and oxygen atoms in total. The number of anilines is 2. The second kappa shape index (κ2) is 4.97. The van der Waals surface area contributed by atoms with Crippen LogP contribution in [-0.2, 0) is 18.4 Å². The predicted molar refractivity (Wildman–Crippen MR) is 71.7 cm³/mol. The third-order valence-electron chi connectivity index (χ3n) is 2.74. The van der Waals surface area contributed by atoms with Crippen LogP contribution >= 0.6 is 0 Å². The Balaban J connectivity index is 2.07. The average Bonchev–Trinajstić information content (AvgIpc) is 2.66. The maximum atomic E-state index is 11.8. The van der Waals surface area contributed by atoms with Crippen LogP contribution in [0.5, 0.6) is 0 Å². The van der Waals surface area contributed by atoms with Gasteiger partial charge in [-0.05, 0) is 24.6 Å². The van der Waals surface area contributed by atoms with Crippen molar-refractivity contribution in [3.8, 4) is 0 Å². The molecular formula is C12H15N5O2. The van der Waals surface area contributed by atoms with Crippen molar-refractivity contribution < 1.29 is 4.79 Å². The predicted octanol–water partition coefficient (Wildman–Crippen LogP) is 0.111. The molecule has 0 spiro atoms. The molecule has 0 saturated carbocycles. The number of amides is 1. The lowest BCUT2D eigenvalue weighted by Gasteiger charge is -2.07. The van der Waals surface area contributed by atoms with Crippen molar-refractivity contribution in [2.75, 3.05) is 11.1 Å². The summed E-state index contributed by atoms with van der Waals surface area (Å²) in [7, 11) is 1.57. The second-order valence-electron chi connectivity index (χ2n) is 4.30. The van der Waals surface area contributed by atoms with Gasteiger partial charge in [0.05, 0.1) is 0 Å². The topological polar surface area (TPSA) is 94.9 Å². The van der Waals surface area contributed by atoms with E-state index in [2.05, 4.69) is 10.4 Å². The molecule has 1 amide bonds. The number of nitrogens with one attached hydrogen (secondary N) is 1. The smallest absolute Gasteiger partial charge is 0.345 e.